The van der Waals surface area contributed by atoms with Crippen LogP contribution < -0.4 is 15.5 Å². The Morgan fingerprint density at radius 1 is 1.26 bits per heavy atom. The van der Waals surface area contributed by atoms with Crippen LogP contribution in [0.4, 0.5) is 10.9 Å². The lowest BCUT2D eigenvalue weighted by molar-refractivity contribution is -0.119. The van der Waals surface area contributed by atoms with Gasteiger partial charge in [0.05, 0.1) is 19.8 Å². The summed E-state index contributed by atoms with van der Waals surface area (Å²) in [5, 5.41) is 12.1. The molecule has 2 N–H and O–H groups in total. The van der Waals surface area contributed by atoms with Crippen molar-refractivity contribution >= 4 is 33.2 Å². The summed E-state index contributed by atoms with van der Waals surface area (Å²) in [6.45, 7) is 13.5. The molecular formula is C24H35N7O2S. The Hall–Kier alpha value is -2.69. The second-order valence-electron chi connectivity index (χ2n) is 9.79. The number of morpholine rings is 1. The number of ether oxygens (including phenoxy) is 1. The number of anilines is 2. The Labute approximate surface area is 205 Å². The number of aromatic nitrogens is 3. The lowest BCUT2D eigenvalue weighted by Gasteiger charge is -2.26. The summed E-state index contributed by atoms with van der Waals surface area (Å²) in [5.41, 5.74) is 2.96. The fraction of sp³-hybridized carbons (Fsp3) is 0.542. The summed E-state index contributed by atoms with van der Waals surface area (Å²) in [7, 11) is 1.89. The molecule has 0 atom stereocenters. The normalized spacial score (nSPS) is 15.0. The molecule has 184 valence electrons. The summed E-state index contributed by atoms with van der Waals surface area (Å²) in [6, 6.07) is 8.33. The van der Waals surface area contributed by atoms with Gasteiger partial charge < -0.3 is 20.3 Å². The first-order valence-corrected chi connectivity index (χ1v) is 12.5. The van der Waals surface area contributed by atoms with Gasteiger partial charge in [0.2, 0.25) is 16.0 Å². The average Bonchev–Trinajstić information content (AvgIpc) is 3.33. The molecule has 34 heavy (non-hydrogen) atoms. The highest BCUT2D eigenvalue weighted by molar-refractivity contribution is 7.20. The van der Waals surface area contributed by atoms with E-state index in [9.17, 15) is 4.79 Å². The maximum absolute atomic E-state index is 12.5. The van der Waals surface area contributed by atoms with Crippen molar-refractivity contribution in [3.05, 3.63) is 29.8 Å². The summed E-state index contributed by atoms with van der Waals surface area (Å²) in [6.07, 6.45) is 0. The number of amides is 1. The molecule has 0 aliphatic carbocycles. The molecule has 0 saturated carbocycles. The van der Waals surface area contributed by atoms with Gasteiger partial charge in [0, 0.05) is 44.3 Å². The molecule has 1 fully saturated rings. The fourth-order valence-electron chi connectivity index (χ4n) is 3.87. The average molecular weight is 486 g/mol. The van der Waals surface area contributed by atoms with E-state index in [0.717, 1.165) is 60.0 Å². The van der Waals surface area contributed by atoms with Crippen molar-refractivity contribution in [1.82, 2.24) is 24.8 Å². The van der Waals surface area contributed by atoms with E-state index < -0.39 is 0 Å². The number of likely N-dealkylation sites (N-methyl/N-ethyl adjacent to an activating group) is 1. The maximum atomic E-state index is 12.5. The van der Waals surface area contributed by atoms with Crippen molar-refractivity contribution in [2.24, 2.45) is 0 Å². The van der Waals surface area contributed by atoms with E-state index in [4.69, 9.17) is 14.8 Å². The van der Waals surface area contributed by atoms with E-state index >= 15 is 0 Å². The third kappa shape index (κ3) is 6.05. The maximum Gasteiger partial charge on any atom is 0.239 e. The first kappa shape index (κ1) is 24.4. The largest absolute Gasteiger partial charge is 0.379 e. The molecule has 0 radical (unpaired) electrons. The van der Waals surface area contributed by atoms with Crippen LogP contribution in [0, 0.1) is 6.92 Å². The lowest BCUT2D eigenvalue weighted by atomic mass is 10.1. The third-order valence-electron chi connectivity index (χ3n) is 5.54. The van der Waals surface area contributed by atoms with Crippen LogP contribution in [-0.2, 0) is 9.53 Å². The van der Waals surface area contributed by atoms with Gasteiger partial charge in [-0.05, 0) is 33.8 Å². The Morgan fingerprint density at radius 2 is 2.03 bits per heavy atom. The predicted molar refractivity (Wildman–Crippen MR) is 138 cm³/mol. The Balaban J connectivity index is 1.47. The molecule has 1 saturated heterocycles. The molecule has 1 aliphatic heterocycles. The van der Waals surface area contributed by atoms with E-state index in [-0.39, 0.29) is 18.0 Å². The number of imidazole rings is 1. The smallest absolute Gasteiger partial charge is 0.239 e. The minimum atomic E-state index is -0.162. The predicted octanol–water partition coefficient (Wildman–Crippen LogP) is 2.86. The second-order valence-corrected chi connectivity index (χ2v) is 10.7. The second kappa shape index (κ2) is 10.3. The number of aryl methyl sites for hydroxylation is 1. The first-order chi connectivity index (χ1) is 16.2. The van der Waals surface area contributed by atoms with Gasteiger partial charge in [-0.2, -0.15) is 4.52 Å². The van der Waals surface area contributed by atoms with Crippen LogP contribution in [-0.4, -0.2) is 83.9 Å². The molecule has 0 bridgehead atoms. The molecule has 10 heteroatoms. The number of nitrogens with zero attached hydrogens (tertiary/aromatic N) is 5. The van der Waals surface area contributed by atoms with Crippen molar-refractivity contribution in [3.8, 4) is 11.3 Å². The van der Waals surface area contributed by atoms with Crippen LogP contribution in [0.5, 0.6) is 0 Å². The molecule has 3 aromatic rings. The van der Waals surface area contributed by atoms with Gasteiger partial charge in [0.1, 0.15) is 5.69 Å². The SMILES string of the molecule is Cc1cccc(-c2nc3sc(N(C)CC(=O)NCCN4CCOCC4)nn3c2NC(C)(C)C)c1. The van der Waals surface area contributed by atoms with Crippen LogP contribution in [0.15, 0.2) is 24.3 Å². The molecule has 1 aliphatic rings. The van der Waals surface area contributed by atoms with E-state index in [1.165, 1.54) is 16.9 Å². The quantitative estimate of drug-likeness (QED) is 0.507. The van der Waals surface area contributed by atoms with E-state index in [1.807, 2.05) is 22.5 Å². The zero-order valence-electron chi connectivity index (χ0n) is 20.7. The van der Waals surface area contributed by atoms with E-state index in [0.29, 0.717) is 6.54 Å². The molecule has 1 amide bonds. The van der Waals surface area contributed by atoms with Gasteiger partial charge in [0.15, 0.2) is 5.82 Å². The number of carbonyl (C=O) groups is 1. The third-order valence-corrected chi connectivity index (χ3v) is 6.56. The van der Waals surface area contributed by atoms with Crippen LogP contribution in [0.25, 0.3) is 16.2 Å². The highest BCUT2D eigenvalue weighted by Crippen LogP contribution is 2.34. The Bertz CT molecular complexity index is 1130. The van der Waals surface area contributed by atoms with E-state index in [2.05, 4.69) is 61.4 Å². The van der Waals surface area contributed by atoms with Crippen LogP contribution in [0.1, 0.15) is 26.3 Å². The van der Waals surface area contributed by atoms with Gasteiger partial charge in [-0.25, -0.2) is 4.98 Å². The highest BCUT2D eigenvalue weighted by atomic mass is 32.1. The van der Waals surface area contributed by atoms with Crippen LogP contribution in [0.3, 0.4) is 0 Å². The van der Waals surface area contributed by atoms with Gasteiger partial charge >= 0.3 is 0 Å². The van der Waals surface area contributed by atoms with Gasteiger partial charge in [-0.1, -0.05) is 35.1 Å². The number of carbonyl (C=O) groups excluding carboxylic acids is 1. The molecule has 4 rings (SSSR count). The molecule has 3 heterocycles. The van der Waals surface area contributed by atoms with E-state index in [1.54, 1.807) is 0 Å². The summed E-state index contributed by atoms with van der Waals surface area (Å²) < 4.78 is 7.22. The highest BCUT2D eigenvalue weighted by Gasteiger charge is 2.23. The zero-order valence-corrected chi connectivity index (χ0v) is 21.5. The molecule has 0 spiro atoms. The monoisotopic (exact) mass is 485 g/mol. The zero-order chi connectivity index (χ0) is 24.3. The molecular weight excluding hydrogens is 450 g/mol. The van der Waals surface area contributed by atoms with Gasteiger partial charge in [-0.3, -0.25) is 9.69 Å². The van der Waals surface area contributed by atoms with Gasteiger partial charge in [0.25, 0.3) is 0 Å². The first-order valence-electron chi connectivity index (χ1n) is 11.7. The standard InChI is InChI=1S/C24H35N7O2S/c1-17-7-6-8-18(15-17)20-21(27-24(2,3)4)31-22(26-20)34-23(28-31)29(5)16-19(32)25-9-10-30-11-13-33-14-12-30/h6-8,15,27H,9-14,16H2,1-5H3,(H,25,32). The number of benzene rings is 1. The molecule has 0 unspecified atom stereocenters. The van der Waals surface area contributed by atoms with Crippen LogP contribution >= 0.6 is 11.3 Å². The number of hydrogen-bond donors (Lipinski definition) is 2. The fourth-order valence-corrected chi connectivity index (χ4v) is 4.73. The number of nitrogens with one attached hydrogen (secondary N) is 2. The minimum Gasteiger partial charge on any atom is -0.379 e. The number of hydrogen-bond acceptors (Lipinski definition) is 8. The van der Waals surface area contributed by atoms with Crippen LogP contribution in [0.2, 0.25) is 0 Å². The van der Waals surface area contributed by atoms with Crippen molar-refractivity contribution in [1.29, 1.82) is 0 Å². The molecule has 9 nitrogen and oxygen atoms in total. The molecule has 2 aromatic heterocycles. The van der Waals surface area contributed by atoms with Crippen molar-refractivity contribution in [2.45, 2.75) is 33.2 Å². The minimum absolute atomic E-state index is 0.0166. The lowest BCUT2D eigenvalue weighted by Crippen LogP contribution is -2.43. The van der Waals surface area contributed by atoms with Crippen molar-refractivity contribution in [3.63, 3.8) is 0 Å². The number of rotatable bonds is 8. The summed E-state index contributed by atoms with van der Waals surface area (Å²) in [4.78, 5) is 22.4. The Morgan fingerprint density at radius 3 is 2.74 bits per heavy atom. The topological polar surface area (TPSA) is 87.0 Å². The van der Waals surface area contributed by atoms with Crippen molar-refractivity contribution in [2.75, 3.05) is 63.2 Å². The molecule has 1 aromatic carbocycles. The number of fused-ring (bicyclic) bond motifs is 1. The van der Waals surface area contributed by atoms with Crippen molar-refractivity contribution < 1.29 is 9.53 Å². The Kier molecular flexibility index (Phi) is 7.39. The van der Waals surface area contributed by atoms with Gasteiger partial charge in [-0.15, -0.1) is 5.10 Å². The summed E-state index contributed by atoms with van der Waals surface area (Å²) in [5.74, 6) is 0.844. The summed E-state index contributed by atoms with van der Waals surface area (Å²) >= 11 is 1.48.